The summed E-state index contributed by atoms with van der Waals surface area (Å²) < 4.78 is 6.54. The Morgan fingerprint density at radius 1 is 0.556 bits per heavy atom. The molecule has 0 saturated heterocycles. The van der Waals surface area contributed by atoms with Gasteiger partial charge in [-0.15, -0.1) is 0 Å². The van der Waals surface area contributed by atoms with Crippen LogP contribution in [0, 0.1) is 0 Å². The van der Waals surface area contributed by atoms with Crippen molar-refractivity contribution in [2.45, 2.75) is 31.6 Å². The summed E-state index contributed by atoms with van der Waals surface area (Å²) in [6.07, 6.45) is 0. The summed E-state index contributed by atoms with van der Waals surface area (Å²) in [5.41, 5.74) is 10.6. The van der Waals surface area contributed by atoms with Gasteiger partial charge in [0.25, 0.3) is 0 Å². The van der Waals surface area contributed by atoms with Crippen LogP contribution >= 0.6 is 23.2 Å². The van der Waals surface area contributed by atoms with Crippen LogP contribution in [0.15, 0.2) is 133 Å². The highest BCUT2D eigenvalue weighted by Crippen LogP contribution is 2.64. The number of hydrogen-bond acceptors (Lipinski definition) is 2. The van der Waals surface area contributed by atoms with Crippen LogP contribution in [0.4, 0.5) is 17.1 Å². The van der Waals surface area contributed by atoms with Crippen LogP contribution in [-0.4, -0.2) is 0 Å². The van der Waals surface area contributed by atoms with Crippen molar-refractivity contribution in [3.05, 3.63) is 171 Å². The van der Waals surface area contributed by atoms with E-state index in [-0.39, 0.29) is 5.41 Å². The van der Waals surface area contributed by atoms with Crippen LogP contribution in [-0.2, 0) is 10.8 Å². The van der Waals surface area contributed by atoms with Gasteiger partial charge in [0.2, 0.25) is 0 Å². The second-order valence-electron chi connectivity index (χ2n) is 12.8. The molecular weight excluding hydrogens is 593 g/mol. The van der Waals surface area contributed by atoms with E-state index >= 15 is 0 Å². The number of rotatable bonds is 3. The maximum absolute atomic E-state index is 7.03. The number of benzene rings is 6. The summed E-state index contributed by atoms with van der Waals surface area (Å²) in [6, 6.07) is 46.9. The topological polar surface area (TPSA) is 12.5 Å². The van der Waals surface area contributed by atoms with Gasteiger partial charge >= 0.3 is 0 Å². The first-order valence-corrected chi connectivity index (χ1v) is 16.0. The number of anilines is 3. The molecule has 45 heavy (non-hydrogen) atoms. The van der Waals surface area contributed by atoms with Gasteiger partial charge in [0, 0.05) is 22.4 Å². The van der Waals surface area contributed by atoms with E-state index in [1.165, 1.54) is 22.3 Å². The summed E-state index contributed by atoms with van der Waals surface area (Å²) in [7, 11) is 0. The highest BCUT2D eigenvalue weighted by molar-refractivity contribution is 6.44. The van der Waals surface area contributed by atoms with Crippen LogP contribution in [0.3, 0.4) is 0 Å². The standard InChI is InChI=1S/C41H31Cl2NO/c1-40(2,3)26-22-24-27(25-23-26)44(35-19-11-17-33(42)39(35)43)34-18-10-16-32-38(34)28-12-4-5-13-29(28)41(32)30-14-6-8-20-36(30)45-37-21-9-7-15-31(37)41/h4-25H,1-3H3. The molecule has 0 N–H and O–H groups in total. The summed E-state index contributed by atoms with van der Waals surface area (Å²) in [5, 5.41) is 1.03. The van der Waals surface area contributed by atoms with Crippen LogP contribution in [0.5, 0.6) is 11.5 Å². The fraction of sp³-hybridized carbons (Fsp3) is 0.122. The van der Waals surface area contributed by atoms with Gasteiger partial charge in [-0.2, -0.15) is 0 Å². The number of fused-ring (bicyclic) bond motifs is 9. The smallest absolute Gasteiger partial charge is 0.132 e. The second kappa shape index (κ2) is 10.3. The lowest BCUT2D eigenvalue weighted by molar-refractivity contribution is 0.436. The molecule has 1 aliphatic heterocycles. The molecule has 0 bridgehead atoms. The van der Waals surface area contributed by atoms with E-state index in [0.29, 0.717) is 10.0 Å². The van der Waals surface area contributed by atoms with E-state index in [1.807, 2.05) is 30.3 Å². The Morgan fingerprint density at radius 3 is 1.78 bits per heavy atom. The molecule has 0 aromatic heterocycles. The van der Waals surface area contributed by atoms with Crippen molar-refractivity contribution in [1.82, 2.24) is 0 Å². The molecule has 2 aliphatic rings. The Bertz CT molecular complexity index is 2060. The zero-order chi connectivity index (χ0) is 30.9. The SMILES string of the molecule is CC(C)(C)c1ccc(N(c2cccc(Cl)c2Cl)c2cccc3c2-c2ccccc2C32c3ccccc3Oc3ccccc32)cc1. The minimum absolute atomic E-state index is 0.0280. The van der Waals surface area contributed by atoms with Crippen LogP contribution in [0.25, 0.3) is 11.1 Å². The Hall–Kier alpha value is -4.50. The molecule has 0 radical (unpaired) electrons. The average Bonchev–Trinajstić information content (AvgIpc) is 3.35. The van der Waals surface area contributed by atoms with E-state index in [1.54, 1.807) is 0 Å². The fourth-order valence-corrected chi connectivity index (χ4v) is 7.63. The monoisotopic (exact) mass is 623 g/mol. The molecule has 1 aliphatic carbocycles. The van der Waals surface area contributed by atoms with Crippen molar-refractivity contribution in [2.75, 3.05) is 4.90 Å². The molecule has 0 unspecified atom stereocenters. The first-order valence-electron chi connectivity index (χ1n) is 15.2. The van der Waals surface area contributed by atoms with Gasteiger partial charge in [-0.3, -0.25) is 0 Å². The van der Waals surface area contributed by atoms with E-state index in [2.05, 4.69) is 129 Å². The number of hydrogen-bond donors (Lipinski definition) is 0. The molecule has 1 spiro atoms. The van der Waals surface area contributed by atoms with Crippen molar-refractivity contribution in [3.63, 3.8) is 0 Å². The Balaban J connectivity index is 1.47. The van der Waals surface area contributed by atoms with Crippen molar-refractivity contribution in [2.24, 2.45) is 0 Å². The molecule has 6 aromatic rings. The van der Waals surface area contributed by atoms with Gasteiger partial charge in [-0.05, 0) is 70.1 Å². The Morgan fingerprint density at radius 2 is 1.11 bits per heavy atom. The second-order valence-corrected chi connectivity index (χ2v) is 13.6. The van der Waals surface area contributed by atoms with Crippen molar-refractivity contribution >= 4 is 40.3 Å². The number of halogens is 2. The third-order valence-corrected chi connectivity index (χ3v) is 10.1. The van der Waals surface area contributed by atoms with Crippen LogP contribution in [0.1, 0.15) is 48.6 Å². The predicted molar refractivity (Wildman–Crippen MR) is 187 cm³/mol. The summed E-state index contributed by atoms with van der Waals surface area (Å²) >= 11 is 13.7. The van der Waals surface area contributed by atoms with Gasteiger partial charge in [0.05, 0.1) is 26.8 Å². The van der Waals surface area contributed by atoms with Gasteiger partial charge in [-0.1, -0.05) is 135 Å². The van der Waals surface area contributed by atoms with Crippen molar-refractivity contribution in [1.29, 1.82) is 0 Å². The van der Waals surface area contributed by atoms with Crippen molar-refractivity contribution in [3.8, 4) is 22.6 Å². The lowest BCUT2D eigenvalue weighted by Gasteiger charge is -2.39. The van der Waals surface area contributed by atoms with E-state index in [0.717, 1.165) is 45.3 Å². The molecule has 6 aromatic carbocycles. The molecule has 0 amide bonds. The van der Waals surface area contributed by atoms with Gasteiger partial charge in [-0.25, -0.2) is 0 Å². The van der Waals surface area contributed by atoms with E-state index in [9.17, 15) is 0 Å². The number of ether oxygens (including phenoxy) is 1. The summed E-state index contributed by atoms with van der Waals surface area (Å²) in [4.78, 5) is 2.26. The molecule has 0 saturated carbocycles. The van der Waals surface area contributed by atoms with Crippen LogP contribution in [0.2, 0.25) is 10.0 Å². The Labute approximate surface area is 274 Å². The molecule has 220 valence electrons. The third-order valence-electron chi connectivity index (χ3n) is 9.25. The minimum Gasteiger partial charge on any atom is -0.457 e. The fourth-order valence-electron chi connectivity index (χ4n) is 7.25. The van der Waals surface area contributed by atoms with Gasteiger partial charge < -0.3 is 9.64 Å². The first kappa shape index (κ1) is 28.0. The largest absolute Gasteiger partial charge is 0.457 e. The Kier molecular flexibility index (Phi) is 6.39. The van der Waals surface area contributed by atoms with Crippen molar-refractivity contribution < 1.29 is 4.74 Å². The molecule has 0 atom stereocenters. The zero-order valence-corrected chi connectivity index (χ0v) is 26.8. The van der Waals surface area contributed by atoms with E-state index < -0.39 is 5.41 Å². The number of para-hydroxylation sites is 2. The average molecular weight is 625 g/mol. The summed E-state index contributed by atoms with van der Waals surface area (Å²) in [6.45, 7) is 6.70. The normalized spacial score (nSPS) is 13.8. The highest BCUT2D eigenvalue weighted by Gasteiger charge is 2.51. The molecule has 1 heterocycles. The van der Waals surface area contributed by atoms with Crippen LogP contribution < -0.4 is 9.64 Å². The predicted octanol–water partition coefficient (Wildman–Crippen LogP) is 12.2. The van der Waals surface area contributed by atoms with E-state index in [4.69, 9.17) is 27.9 Å². The summed E-state index contributed by atoms with van der Waals surface area (Å²) in [5.74, 6) is 1.74. The number of nitrogens with zero attached hydrogens (tertiary/aromatic N) is 1. The quantitative estimate of drug-likeness (QED) is 0.194. The lowest BCUT2D eigenvalue weighted by Crippen LogP contribution is -2.32. The van der Waals surface area contributed by atoms with Gasteiger partial charge in [0.1, 0.15) is 11.5 Å². The molecule has 2 nitrogen and oxygen atoms in total. The minimum atomic E-state index is -0.562. The maximum Gasteiger partial charge on any atom is 0.132 e. The third kappa shape index (κ3) is 4.09. The highest BCUT2D eigenvalue weighted by atomic mass is 35.5. The molecule has 4 heteroatoms. The lowest BCUT2D eigenvalue weighted by atomic mass is 9.66. The molecular formula is C41H31Cl2NO. The zero-order valence-electron chi connectivity index (χ0n) is 25.3. The molecule has 8 rings (SSSR count). The molecule has 0 fully saturated rings. The van der Waals surface area contributed by atoms with Gasteiger partial charge in [0.15, 0.2) is 0 Å². The maximum atomic E-state index is 7.03. The first-order chi connectivity index (χ1) is 21.8.